The van der Waals surface area contributed by atoms with Gasteiger partial charge in [-0.2, -0.15) is 0 Å². The summed E-state index contributed by atoms with van der Waals surface area (Å²) >= 11 is 0. The van der Waals surface area contributed by atoms with Crippen LogP contribution in [0.2, 0.25) is 0 Å². The Balaban J connectivity index is 1.88. The number of aromatic hydroxyl groups is 1. The molecule has 5 rings (SSSR count). The minimum atomic E-state index is 0.193. The number of benzene rings is 1. The van der Waals surface area contributed by atoms with Gasteiger partial charge in [0.2, 0.25) is 0 Å². The van der Waals surface area contributed by atoms with E-state index in [1.54, 1.807) is 6.07 Å². The molecule has 0 saturated heterocycles. The van der Waals surface area contributed by atoms with Gasteiger partial charge in [0, 0.05) is 22.5 Å². The van der Waals surface area contributed by atoms with Crippen molar-refractivity contribution in [2.75, 3.05) is 0 Å². The molecule has 1 aliphatic rings. The second kappa shape index (κ2) is 5.06. The number of hydrogen-bond acceptors (Lipinski definition) is 3. The van der Waals surface area contributed by atoms with E-state index < -0.39 is 0 Å². The van der Waals surface area contributed by atoms with E-state index in [0.29, 0.717) is 0 Å². The highest BCUT2D eigenvalue weighted by atomic mass is 16.3. The molecule has 4 nitrogen and oxygen atoms in total. The van der Waals surface area contributed by atoms with Crippen LogP contribution < -0.4 is 0 Å². The number of hydrogen-bond donors (Lipinski definition) is 2. The van der Waals surface area contributed by atoms with Crippen LogP contribution in [0.25, 0.3) is 33.2 Å². The number of fused-ring (bicyclic) bond motifs is 5. The first kappa shape index (κ1) is 13.5. The first-order valence-corrected chi connectivity index (χ1v) is 8.38. The lowest BCUT2D eigenvalue weighted by Gasteiger charge is -2.22. The van der Waals surface area contributed by atoms with Crippen LogP contribution in [0.3, 0.4) is 0 Å². The molecule has 0 atom stereocenters. The molecule has 0 amide bonds. The Morgan fingerprint density at radius 1 is 0.917 bits per heavy atom. The van der Waals surface area contributed by atoms with E-state index in [9.17, 15) is 5.11 Å². The van der Waals surface area contributed by atoms with Gasteiger partial charge in [-0.05, 0) is 67.1 Å². The summed E-state index contributed by atoms with van der Waals surface area (Å²) in [5, 5.41) is 12.1. The number of H-pyrrole nitrogens is 1. The average Bonchev–Trinajstić information content (AvgIpc) is 3.10. The zero-order valence-corrected chi connectivity index (χ0v) is 13.2. The lowest BCUT2D eigenvalue weighted by molar-refractivity contribution is 0.473. The maximum Gasteiger partial charge on any atom is 0.133 e. The van der Waals surface area contributed by atoms with E-state index in [1.165, 1.54) is 40.9 Å². The smallest absolute Gasteiger partial charge is 0.133 e. The summed E-state index contributed by atoms with van der Waals surface area (Å²) < 4.78 is 0. The van der Waals surface area contributed by atoms with Gasteiger partial charge in [-0.15, -0.1) is 0 Å². The molecule has 1 aliphatic carbocycles. The second-order valence-electron chi connectivity index (χ2n) is 6.43. The zero-order chi connectivity index (χ0) is 16.1. The molecule has 0 spiro atoms. The van der Waals surface area contributed by atoms with Crippen LogP contribution in [0, 0.1) is 0 Å². The maximum absolute atomic E-state index is 9.53. The summed E-state index contributed by atoms with van der Waals surface area (Å²) in [6.07, 6.45) is 7.97. The summed E-state index contributed by atoms with van der Waals surface area (Å²) in [5.41, 5.74) is 6.93. The highest BCUT2D eigenvalue weighted by Crippen LogP contribution is 2.37. The summed E-state index contributed by atoms with van der Waals surface area (Å²) in [5.74, 6) is 0.193. The molecule has 24 heavy (non-hydrogen) atoms. The van der Waals surface area contributed by atoms with Gasteiger partial charge in [0.05, 0.1) is 23.1 Å². The van der Waals surface area contributed by atoms with Gasteiger partial charge in [0.1, 0.15) is 5.75 Å². The van der Waals surface area contributed by atoms with E-state index in [0.717, 1.165) is 35.3 Å². The lowest BCUT2D eigenvalue weighted by atomic mass is 9.86. The van der Waals surface area contributed by atoms with E-state index in [1.807, 2.05) is 12.3 Å². The van der Waals surface area contributed by atoms with Gasteiger partial charge in [0.15, 0.2) is 0 Å². The van der Waals surface area contributed by atoms with Crippen molar-refractivity contribution in [1.82, 2.24) is 15.0 Å². The normalized spacial score (nSPS) is 14.2. The fraction of sp³-hybridized carbons (Fsp3) is 0.200. The van der Waals surface area contributed by atoms with Crippen LogP contribution in [0.15, 0.2) is 42.7 Å². The molecule has 0 unspecified atom stereocenters. The Kier molecular flexibility index (Phi) is 2.86. The van der Waals surface area contributed by atoms with Crippen LogP contribution in [-0.2, 0) is 12.8 Å². The quantitative estimate of drug-likeness (QED) is 0.548. The van der Waals surface area contributed by atoms with Crippen molar-refractivity contribution in [2.45, 2.75) is 25.7 Å². The van der Waals surface area contributed by atoms with Crippen molar-refractivity contribution < 1.29 is 5.11 Å². The number of nitrogens with zero attached hydrogens (tertiary/aromatic N) is 2. The molecule has 118 valence electrons. The summed E-state index contributed by atoms with van der Waals surface area (Å²) in [6.45, 7) is 0. The molecule has 0 aliphatic heterocycles. The van der Waals surface area contributed by atoms with Crippen molar-refractivity contribution in [3.05, 3.63) is 53.9 Å². The van der Waals surface area contributed by atoms with Crippen molar-refractivity contribution in [2.24, 2.45) is 0 Å². The number of nitrogens with one attached hydrogen (secondary N) is 1. The van der Waals surface area contributed by atoms with Crippen molar-refractivity contribution in [3.63, 3.8) is 0 Å². The highest BCUT2D eigenvalue weighted by molar-refractivity contribution is 6.08. The van der Waals surface area contributed by atoms with E-state index in [4.69, 9.17) is 0 Å². The summed E-state index contributed by atoms with van der Waals surface area (Å²) in [4.78, 5) is 12.5. The highest BCUT2D eigenvalue weighted by Gasteiger charge is 2.20. The first-order chi connectivity index (χ1) is 11.8. The number of aryl methyl sites for hydroxylation is 1. The maximum atomic E-state index is 9.53. The van der Waals surface area contributed by atoms with Crippen LogP contribution in [0.4, 0.5) is 0 Å². The Labute approximate surface area is 139 Å². The van der Waals surface area contributed by atoms with Crippen LogP contribution in [-0.4, -0.2) is 20.1 Å². The van der Waals surface area contributed by atoms with Crippen LogP contribution in [0.5, 0.6) is 5.75 Å². The molecule has 4 heteroatoms. The third kappa shape index (κ3) is 1.92. The van der Waals surface area contributed by atoms with Gasteiger partial charge in [0.25, 0.3) is 0 Å². The number of aromatic nitrogens is 3. The monoisotopic (exact) mass is 315 g/mol. The van der Waals surface area contributed by atoms with Gasteiger partial charge < -0.3 is 10.1 Å². The minimum absolute atomic E-state index is 0.193. The number of pyridine rings is 2. The van der Waals surface area contributed by atoms with E-state index in [2.05, 4.69) is 33.2 Å². The number of rotatable bonds is 1. The van der Waals surface area contributed by atoms with Crippen LogP contribution >= 0.6 is 0 Å². The molecule has 3 heterocycles. The molecule has 0 bridgehead atoms. The summed E-state index contributed by atoms with van der Waals surface area (Å²) in [7, 11) is 0. The lowest BCUT2D eigenvalue weighted by Crippen LogP contribution is -2.08. The van der Waals surface area contributed by atoms with Crippen molar-refractivity contribution >= 4 is 21.8 Å². The minimum Gasteiger partial charge on any atom is -0.506 e. The van der Waals surface area contributed by atoms with Crippen molar-refractivity contribution in [3.8, 4) is 17.1 Å². The SMILES string of the molecule is Oc1ccc(-c2[nH]c3ccc4nccc4c3c3c2CCCC3)nc1. The number of aromatic amines is 1. The molecule has 2 N–H and O–H groups in total. The first-order valence-electron chi connectivity index (χ1n) is 8.38. The third-order valence-electron chi connectivity index (χ3n) is 5.01. The fourth-order valence-corrected chi connectivity index (χ4v) is 3.93. The van der Waals surface area contributed by atoms with Crippen molar-refractivity contribution in [1.29, 1.82) is 0 Å². The molecule has 1 aromatic carbocycles. The second-order valence-corrected chi connectivity index (χ2v) is 6.43. The average molecular weight is 315 g/mol. The van der Waals surface area contributed by atoms with Crippen LogP contribution in [0.1, 0.15) is 24.0 Å². The van der Waals surface area contributed by atoms with E-state index in [-0.39, 0.29) is 5.75 Å². The van der Waals surface area contributed by atoms with Gasteiger partial charge >= 0.3 is 0 Å². The molecular formula is C20H17N3O. The molecule has 0 radical (unpaired) electrons. The molecular weight excluding hydrogens is 298 g/mol. The topological polar surface area (TPSA) is 61.8 Å². The predicted octanol–water partition coefficient (Wildman–Crippen LogP) is 4.36. The van der Waals surface area contributed by atoms with Gasteiger partial charge in [-0.3, -0.25) is 9.97 Å². The Morgan fingerprint density at radius 2 is 1.79 bits per heavy atom. The molecule has 4 aromatic rings. The largest absolute Gasteiger partial charge is 0.506 e. The van der Waals surface area contributed by atoms with E-state index >= 15 is 0 Å². The Bertz CT molecular complexity index is 1060. The molecule has 3 aromatic heterocycles. The van der Waals surface area contributed by atoms with Gasteiger partial charge in [-0.25, -0.2) is 0 Å². The predicted molar refractivity (Wildman–Crippen MR) is 95.1 cm³/mol. The van der Waals surface area contributed by atoms with Gasteiger partial charge in [-0.1, -0.05) is 0 Å². The molecule has 0 saturated carbocycles. The standard InChI is InChI=1S/C20H17N3O/c24-12-5-6-18(22-11-12)20-14-4-2-1-3-13(14)19-15-9-10-21-16(15)7-8-17(19)23-20/h5-11,23-24H,1-4H2. The molecule has 0 fully saturated rings. The summed E-state index contributed by atoms with van der Waals surface area (Å²) in [6, 6.07) is 9.87. The Morgan fingerprint density at radius 3 is 2.62 bits per heavy atom. The fourth-order valence-electron chi connectivity index (χ4n) is 3.93. The third-order valence-corrected chi connectivity index (χ3v) is 5.01. The zero-order valence-electron chi connectivity index (χ0n) is 13.2. The Hall–Kier alpha value is -2.88.